The van der Waals surface area contributed by atoms with Crippen molar-refractivity contribution < 1.29 is 4.74 Å². The molecule has 0 spiro atoms. The minimum atomic E-state index is -0.0266. The Labute approximate surface area is 111 Å². The van der Waals surface area contributed by atoms with Gasteiger partial charge in [-0.2, -0.15) is 0 Å². The number of methoxy groups -OCH3 is 1. The van der Waals surface area contributed by atoms with Crippen LogP contribution in [0.2, 0.25) is 5.02 Å². The lowest BCUT2D eigenvalue weighted by Gasteiger charge is -2.10. The van der Waals surface area contributed by atoms with Crippen molar-refractivity contribution in [1.29, 1.82) is 0 Å². The van der Waals surface area contributed by atoms with Gasteiger partial charge in [0.05, 0.1) is 17.5 Å². The Kier molecular flexibility index (Phi) is 4.21. The van der Waals surface area contributed by atoms with Crippen LogP contribution in [0.4, 0.5) is 0 Å². The van der Waals surface area contributed by atoms with Crippen LogP contribution >= 0.6 is 23.2 Å². The van der Waals surface area contributed by atoms with Gasteiger partial charge in [-0.3, -0.25) is 4.98 Å². The fourth-order valence-electron chi connectivity index (χ4n) is 1.84. The number of hydrogen-bond acceptors (Lipinski definition) is 2. The Morgan fingerprint density at radius 3 is 2.94 bits per heavy atom. The van der Waals surface area contributed by atoms with Crippen molar-refractivity contribution in [2.45, 2.75) is 11.8 Å². The largest absolute Gasteiger partial charge is 0.383 e. The van der Waals surface area contributed by atoms with E-state index >= 15 is 0 Å². The van der Waals surface area contributed by atoms with Crippen molar-refractivity contribution >= 4 is 34.1 Å². The molecule has 2 nitrogen and oxygen atoms in total. The van der Waals surface area contributed by atoms with E-state index in [9.17, 15) is 0 Å². The van der Waals surface area contributed by atoms with E-state index in [1.807, 2.05) is 24.3 Å². The van der Waals surface area contributed by atoms with Gasteiger partial charge in [0.15, 0.2) is 0 Å². The molecule has 2 rings (SSSR count). The summed E-state index contributed by atoms with van der Waals surface area (Å²) < 4.78 is 5.04. The molecule has 1 heterocycles. The number of aromatic nitrogens is 1. The zero-order chi connectivity index (χ0) is 12.3. The van der Waals surface area contributed by atoms with Crippen LogP contribution in [0.5, 0.6) is 0 Å². The Hall–Kier alpha value is -0.830. The van der Waals surface area contributed by atoms with Crippen molar-refractivity contribution in [3.63, 3.8) is 0 Å². The van der Waals surface area contributed by atoms with Crippen LogP contribution < -0.4 is 0 Å². The number of pyridine rings is 1. The average molecular weight is 270 g/mol. The van der Waals surface area contributed by atoms with Gasteiger partial charge in [0, 0.05) is 23.7 Å². The predicted octanol–water partition coefficient (Wildman–Crippen LogP) is 3.68. The van der Waals surface area contributed by atoms with Gasteiger partial charge in [0.25, 0.3) is 0 Å². The molecule has 90 valence electrons. The SMILES string of the molecule is COCC(Cl)Cc1ccnc2cc(Cl)ccc12. The van der Waals surface area contributed by atoms with E-state index in [1.165, 1.54) is 5.56 Å². The summed E-state index contributed by atoms with van der Waals surface area (Å²) in [7, 11) is 1.65. The Morgan fingerprint density at radius 2 is 2.18 bits per heavy atom. The van der Waals surface area contributed by atoms with Crippen LogP contribution in [0.25, 0.3) is 10.9 Å². The molecule has 1 unspecified atom stereocenters. The summed E-state index contributed by atoms with van der Waals surface area (Å²) in [4.78, 5) is 4.30. The van der Waals surface area contributed by atoms with Crippen LogP contribution in [0, 0.1) is 0 Å². The summed E-state index contributed by atoms with van der Waals surface area (Å²) in [5.74, 6) is 0. The van der Waals surface area contributed by atoms with Crippen molar-refractivity contribution in [1.82, 2.24) is 4.98 Å². The Morgan fingerprint density at radius 1 is 1.35 bits per heavy atom. The third-order valence-electron chi connectivity index (χ3n) is 2.58. The van der Waals surface area contributed by atoms with Crippen LogP contribution in [0.15, 0.2) is 30.5 Å². The van der Waals surface area contributed by atoms with E-state index < -0.39 is 0 Å². The third kappa shape index (κ3) is 3.09. The second-order valence-corrected chi connectivity index (χ2v) is 4.94. The molecule has 0 saturated carbocycles. The molecular weight excluding hydrogens is 257 g/mol. The molecule has 1 aromatic carbocycles. The van der Waals surface area contributed by atoms with E-state index in [0.717, 1.165) is 17.3 Å². The first-order valence-electron chi connectivity index (χ1n) is 5.37. The Balaban J connectivity index is 2.34. The molecule has 0 aliphatic carbocycles. The highest BCUT2D eigenvalue weighted by atomic mass is 35.5. The lowest BCUT2D eigenvalue weighted by molar-refractivity contribution is 0.198. The second kappa shape index (κ2) is 5.67. The maximum atomic E-state index is 6.18. The first-order chi connectivity index (χ1) is 8.20. The van der Waals surface area contributed by atoms with E-state index in [0.29, 0.717) is 11.6 Å². The van der Waals surface area contributed by atoms with Crippen LogP contribution in [-0.2, 0) is 11.2 Å². The summed E-state index contributed by atoms with van der Waals surface area (Å²) in [6.07, 6.45) is 2.54. The van der Waals surface area contributed by atoms with Crippen LogP contribution in [-0.4, -0.2) is 24.1 Å². The molecule has 1 atom stereocenters. The normalized spacial score (nSPS) is 12.9. The summed E-state index contributed by atoms with van der Waals surface area (Å²) in [5, 5.41) is 1.77. The topological polar surface area (TPSA) is 22.1 Å². The van der Waals surface area contributed by atoms with Gasteiger partial charge in [-0.15, -0.1) is 11.6 Å². The first kappa shape index (κ1) is 12.6. The first-order valence-corrected chi connectivity index (χ1v) is 6.18. The lowest BCUT2D eigenvalue weighted by Crippen LogP contribution is -2.10. The number of rotatable bonds is 4. The van der Waals surface area contributed by atoms with Gasteiger partial charge in [-0.05, 0) is 30.2 Å². The number of halogens is 2. The molecule has 0 amide bonds. The minimum absolute atomic E-state index is 0.0266. The van der Waals surface area contributed by atoms with Gasteiger partial charge in [-0.25, -0.2) is 0 Å². The number of fused-ring (bicyclic) bond motifs is 1. The molecule has 4 heteroatoms. The van der Waals surface area contributed by atoms with Gasteiger partial charge in [0.2, 0.25) is 0 Å². The van der Waals surface area contributed by atoms with E-state index in [2.05, 4.69) is 4.98 Å². The molecule has 0 aliphatic rings. The third-order valence-corrected chi connectivity index (χ3v) is 3.10. The van der Waals surface area contributed by atoms with Crippen molar-refractivity contribution in [2.24, 2.45) is 0 Å². The minimum Gasteiger partial charge on any atom is -0.383 e. The van der Waals surface area contributed by atoms with Gasteiger partial charge < -0.3 is 4.74 Å². The van der Waals surface area contributed by atoms with E-state index in [-0.39, 0.29) is 5.38 Å². The standard InChI is InChI=1S/C13H13Cl2NO/c1-17-8-11(15)6-9-4-5-16-13-7-10(14)2-3-12(9)13/h2-5,7,11H,6,8H2,1H3. The average Bonchev–Trinajstić information content (AvgIpc) is 2.29. The van der Waals surface area contributed by atoms with Crippen LogP contribution in [0.3, 0.4) is 0 Å². The number of hydrogen-bond donors (Lipinski definition) is 0. The molecule has 0 saturated heterocycles. The number of nitrogens with zero attached hydrogens (tertiary/aromatic N) is 1. The highest BCUT2D eigenvalue weighted by Crippen LogP contribution is 2.22. The number of alkyl halides is 1. The molecule has 17 heavy (non-hydrogen) atoms. The van der Waals surface area contributed by atoms with E-state index in [4.69, 9.17) is 27.9 Å². The highest BCUT2D eigenvalue weighted by molar-refractivity contribution is 6.31. The fourth-order valence-corrected chi connectivity index (χ4v) is 2.30. The van der Waals surface area contributed by atoms with Crippen molar-refractivity contribution in [2.75, 3.05) is 13.7 Å². The monoisotopic (exact) mass is 269 g/mol. The fraction of sp³-hybridized carbons (Fsp3) is 0.308. The Bertz CT molecular complexity index is 516. The summed E-state index contributed by atoms with van der Waals surface area (Å²) in [6.45, 7) is 0.541. The zero-order valence-electron chi connectivity index (χ0n) is 9.49. The predicted molar refractivity (Wildman–Crippen MR) is 72.0 cm³/mol. The second-order valence-electron chi connectivity index (χ2n) is 3.89. The molecule has 0 radical (unpaired) electrons. The molecule has 0 aliphatic heterocycles. The number of benzene rings is 1. The van der Waals surface area contributed by atoms with Gasteiger partial charge in [-0.1, -0.05) is 17.7 Å². The van der Waals surface area contributed by atoms with E-state index in [1.54, 1.807) is 13.3 Å². The maximum absolute atomic E-state index is 6.18. The van der Waals surface area contributed by atoms with Gasteiger partial charge in [0.1, 0.15) is 0 Å². The summed E-state index contributed by atoms with van der Waals surface area (Å²) in [6, 6.07) is 7.70. The lowest BCUT2D eigenvalue weighted by atomic mass is 10.0. The van der Waals surface area contributed by atoms with Crippen LogP contribution in [0.1, 0.15) is 5.56 Å². The van der Waals surface area contributed by atoms with Gasteiger partial charge >= 0.3 is 0 Å². The molecular formula is C13H13Cl2NO. The molecule has 0 fully saturated rings. The summed E-state index contributed by atoms with van der Waals surface area (Å²) in [5.41, 5.74) is 2.07. The smallest absolute Gasteiger partial charge is 0.0719 e. The summed E-state index contributed by atoms with van der Waals surface area (Å²) >= 11 is 12.1. The zero-order valence-corrected chi connectivity index (χ0v) is 11.0. The number of ether oxygens (including phenoxy) is 1. The van der Waals surface area contributed by atoms with Crippen molar-refractivity contribution in [3.8, 4) is 0 Å². The highest BCUT2D eigenvalue weighted by Gasteiger charge is 2.09. The van der Waals surface area contributed by atoms with Crippen molar-refractivity contribution in [3.05, 3.63) is 41.0 Å². The maximum Gasteiger partial charge on any atom is 0.0719 e. The molecule has 0 bridgehead atoms. The molecule has 0 N–H and O–H groups in total. The molecule has 2 aromatic rings. The quantitative estimate of drug-likeness (QED) is 0.790. The molecule has 1 aromatic heterocycles.